The molecule has 5 heteroatoms. The Morgan fingerprint density at radius 1 is 1.00 bits per heavy atom. The molecule has 1 N–H and O–H groups in total. The largest absolute Gasteiger partial charge is 0.496 e. The van der Waals surface area contributed by atoms with E-state index in [0.29, 0.717) is 25.4 Å². The van der Waals surface area contributed by atoms with Crippen molar-refractivity contribution in [3.8, 4) is 17.2 Å². The van der Waals surface area contributed by atoms with E-state index in [1.165, 1.54) is 0 Å². The van der Waals surface area contributed by atoms with E-state index in [0.717, 1.165) is 28.2 Å². The van der Waals surface area contributed by atoms with Gasteiger partial charge < -0.3 is 19.5 Å². The Bertz CT molecular complexity index is 773. The molecule has 0 aliphatic carbocycles. The molecule has 0 saturated carbocycles. The monoisotopic (exact) mass is 371 g/mol. The van der Waals surface area contributed by atoms with Crippen LogP contribution in [0.5, 0.6) is 17.2 Å². The van der Waals surface area contributed by atoms with Crippen LogP contribution in [0.1, 0.15) is 43.5 Å². The summed E-state index contributed by atoms with van der Waals surface area (Å²) in [7, 11) is 1.64. The Labute approximate surface area is 161 Å². The van der Waals surface area contributed by atoms with Crippen molar-refractivity contribution in [3.63, 3.8) is 0 Å². The fourth-order valence-electron chi connectivity index (χ4n) is 2.95. The molecular weight excluding hydrogens is 342 g/mol. The second-order valence-electron chi connectivity index (χ2n) is 6.34. The van der Waals surface area contributed by atoms with Crippen LogP contribution < -0.4 is 19.5 Å². The van der Waals surface area contributed by atoms with Crippen molar-refractivity contribution in [3.05, 3.63) is 53.1 Å². The lowest BCUT2D eigenvalue weighted by Gasteiger charge is -2.18. The molecule has 2 aromatic carbocycles. The number of amides is 1. The van der Waals surface area contributed by atoms with Gasteiger partial charge >= 0.3 is 0 Å². The molecule has 0 aliphatic rings. The van der Waals surface area contributed by atoms with E-state index >= 15 is 0 Å². The molecular formula is C22H29NO4. The maximum Gasteiger partial charge on any atom is 0.224 e. The number of benzene rings is 2. The predicted molar refractivity (Wildman–Crippen MR) is 107 cm³/mol. The lowest BCUT2D eigenvalue weighted by Crippen LogP contribution is -2.28. The van der Waals surface area contributed by atoms with Crippen molar-refractivity contribution >= 4 is 5.91 Å². The number of aryl methyl sites for hydroxylation is 1. The maximum atomic E-state index is 12.4. The first-order valence-corrected chi connectivity index (χ1v) is 9.30. The smallest absolute Gasteiger partial charge is 0.224 e. The van der Waals surface area contributed by atoms with E-state index in [9.17, 15) is 4.79 Å². The predicted octanol–water partition coefficient (Wildman–Crippen LogP) is 4.22. The van der Waals surface area contributed by atoms with Crippen molar-refractivity contribution in [1.82, 2.24) is 5.32 Å². The number of rotatable bonds is 9. The van der Waals surface area contributed by atoms with Crippen LogP contribution in [0, 0.1) is 6.92 Å². The van der Waals surface area contributed by atoms with Gasteiger partial charge in [-0.15, -0.1) is 0 Å². The third-order valence-electron chi connectivity index (χ3n) is 4.27. The van der Waals surface area contributed by atoms with Gasteiger partial charge in [0.15, 0.2) is 11.5 Å². The Morgan fingerprint density at radius 3 is 2.30 bits per heavy atom. The molecule has 0 saturated heterocycles. The quantitative estimate of drug-likeness (QED) is 0.717. The van der Waals surface area contributed by atoms with E-state index in [4.69, 9.17) is 14.2 Å². The molecule has 0 bridgehead atoms. The first-order valence-electron chi connectivity index (χ1n) is 9.30. The summed E-state index contributed by atoms with van der Waals surface area (Å²) in [5.74, 6) is 2.21. The zero-order valence-electron chi connectivity index (χ0n) is 16.8. The third kappa shape index (κ3) is 5.64. The molecule has 5 nitrogen and oxygen atoms in total. The van der Waals surface area contributed by atoms with Gasteiger partial charge in [0.2, 0.25) is 5.91 Å². The summed E-state index contributed by atoms with van der Waals surface area (Å²) in [5.41, 5.74) is 2.95. The summed E-state index contributed by atoms with van der Waals surface area (Å²) in [5, 5.41) is 3.05. The highest BCUT2D eigenvalue weighted by Crippen LogP contribution is 2.30. The molecule has 0 aliphatic heterocycles. The van der Waals surface area contributed by atoms with E-state index < -0.39 is 0 Å². The number of ether oxygens (including phenoxy) is 3. The second kappa shape index (κ2) is 9.86. The van der Waals surface area contributed by atoms with E-state index in [1.54, 1.807) is 7.11 Å². The minimum Gasteiger partial charge on any atom is -0.496 e. The first-order chi connectivity index (χ1) is 13.0. The van der Waals surface area contributed by atoms with Crippen LogP contribution in [-0.2, 0) is 11.2 Å². The van der Waals surface area contributed by atoms with Crippen LogP contribution in [0.25, 0.3) is 0 Å². The fourth-order valence-corrected chi connectivity index (χ4v) is 2.95. The Morgan fingerprint density at radius 2 is 1.67 bits per heavy atom. The van der Waals surface area contributed by atoms with Crippen LogP contribution in [0.3, 0.4) is 0 Å². The van der Waals surface area contributed by atoms with Crippen molar-refractivity contribution in [2.75, 3.05) is 20.3 Å². The Hall–Kier alpha value is -2.69. The fraction of sp³-hybridized carbons (Fsp3) is 0.409. The van der Waals surface area contributed by atoms with Crippen LogP contribution in [0.15, 0.2) is 36.4 Å². The average molecular weight is 371 g/mol. The number of methoxy groups -OCH3 is 1. The van der Waals surface area contributed by atoms with Crippen molar-refractivity contribution in [2.45, 2.75) is 40.2 Å². The number of nitrogens with one attached hydrogen (secondary N) is 1. The third-order valence-corrected chi connectivity index (χ3v) is 4.27. The van der Waals surface area contributed by atoms with E-state index in [1.807, 2.05) is 64.1 Å². The number of carbonyl (C=O) groups is 1. The average Bonchev–Trinajstić information content (AvgIpc) is 2.63. The van der Waals surface area contributed by atoms with Gasteiger partial charge in [0, 0.05) is 0 Å². The van der Waals surface area contributed by atoms with Gasteiger partial charge in [-0.25, -0.2) is 0 Å². The van der Waals surface area contributed by atoms with Gasteiger partial charge in [-0.2, -0.15) is 0 Å². The topological polar surface area (TPSA) is 56.8 Å². The van der Waals surface area contributed by atoms with Crippen molar-refractivity contribution < 1.29 is 19.0 Å². The van der Waals surface area contributed by atoms with Gasteiger partial charge in [0.05, 0.1) is 32.8 Å². The Kier molecular flexibility index (Phi) is 7.53. The normalized spacial score (nSPS) is 11.6. The summed E-state index contributed by atoms with van der Waals surface area (Å²) in [4.78, 5) is 12.4. The molecule has 0 heterocycles. The SMILES string of the molecule is CCOc1ccc(C(C)NC(=O)Cc2ccc(OC)c(C)c2)cc1OCC. The van der Waals surface area contributed by atoms with Crippen LogP contribution in [-0.4, -0.2) is 26.2 Å². The zero-order chi connectivity index (χ0) is 19.8. The van der Waals surface area contributed by atoms with Crippen LogP contribution >= 0.6 is 0 Å². The lowest BCUT2D eigenvalue weighted by atomic mass is 10.1. The summed E-state index contributed by atoms with van der Waals surface area (Å²) < 4.78 is 16.5. The number of hydrogen-bond donors (Lipinski definition) is 1. The van der Waals surface area contributed by atoms with Crippen molar-refractivity contribution in [1.29, 1.82) is 0 Å². The summed E-state index contributed by atoms with van der Waals surface area (Å²) in [6.07, 6.45) is 0.324. The highest BCUT2D eigenvalue weighted by molar-refractivity contribution is 5.79. The minimum absolute atomic E-state index is 0.0288. The highest BCUT2D eigenvalue weighted by Gasteiger charge is 2.14. The Balaban J connectivity index is 2.05. The van der Waals surface area contributed by atoms with Gasteiger partial charge in [0.1, 0.15) is 5.75 Å². The molecule has 1 amide bonds. The highest BCUT2D eigenvalue weighted by atomic mass is 16.5. The molecule has 1 unspecified atom stereocenters. The van der Waals surface area contributed by atoms with E-state index in [-0.39, 0.29) is 11.9 Å². The first kappa shape index (κ1) is 20.6. The van der Waals surface area contributed by atoms with Crippen molar-refractivity contribution in [2.24, 2.45) is 0 Å². The van der Waals surface area contributed by atoms with Crippen LogP contribution in [0.4, 0.5) is 0 Å². The van der Waals surface area contributed by atoms with E-state index in [2.05, 4.69) is 5.32 Å². The molecule has 0 spiro atoms. The summed E-state index contributed by atoms with van der Waals surface area (Å²) in [6.45, 7) is 8.94. The van der Waals surface area contributed by atoms with Crippen LogP contribution in [0.2, 0.25) is 0 Å². The molecule has 27 heavy (non-hydrogen) atoms. The standard InChI is InChI=1S/C22H29NO4/c1-6-26-20-11-9-18(14-21(20)27-7-2)16(4)23-22(24)13-17-8-10-19(25-5)15(3)12-17/h8-12,14,16H,6-7,13H2,1-5H3,(H,23,24). The summed E-state index contributed by atoms with van der Waals surface area (Å²) >= 11 is 0. The lowest BCUT2D eigenvalue weighted by molar-refractivity contribution is -0.121. The molecule has 0 radical (unpaired) electrons. The number of hydrogen-bond acceptors (Lipinski definition) is 4. The minimum atomic E-state index is -0.133. The van der Waals surface area contributed by atoms with Gasteiger partial charge in [-0.3, -0.25) is 4.79 Å². The summed E-state index contributed by atoms with van der Waals surface area (Å²) in [6, 6.07) is 11.4. The molecule has 0 fully saturated rings. The molecule has 0 aromatic heterocycles. The molecule has 1 atom stereocenters. The molecule has 146 valence electrons. The van der Waals surface area contributed by atoms with Gasteiger partial charge in [-0.1, -0.05) is 18.2 Å². The zero-order valence-corrected chi connectivity index (χ0v) is 16.8. The maximum absolute atomic E-state index is 12.4. The molecule has 2 rings (SSSR count). The number of carbonyl (C=O) groups excluding carboxylic acids is 1. The molecule has 2 aromatic rings. The van der Waals surface area contributed by atoms with Gasteiger partial charge in [0.25, 0.3) is 0 Å². The van der Waals surface area contributed by atoms with Gasteiger partial charge in [-0.05, 0) is 62.6 Å². The second-order valence-corrected chi connectivity index (χ2v) is 6.34.